The average Bonchev–Trinajstić information content (AvgIpc) is 2.45. The lowest BCUT2D eigenvalue weighted by Gasteiger charge is -2.19. The molecule has 0 atom stereocenters. The summed E-state index contributed by atoms with van der Waals surface area (Å²) in [5, 5.41) is 18.6. The van der Waals surface area contributed by atoms with Crippen molar-refractivity contribution in [2.24, 2.45) is 0 Å². The molecule has 0 fully saturated rings. The van der Waals surface area contributed by atoms with Crippen LogP contribution in [-0.2, 0) is 12.0 Å². The van der Waals surface area contributed by atoms with Crippen molar-refractivity contribution in [3.8, 4) is 5.75 Å². The van der Waals surface area contributed by atoms with Gasteiger partial charge in [0.25, 0.3) is 0 Å². The van der Waals surface area contributed by atoms with Crippen LogP contribution < -0.4 is 10.2 Å². The van der Waals surface area contributed by atoms with Gasteiger partial charge in [-0.15, -0.1) is 0 Å². The molecule has 2 aromatic carbocycles. The summed E-state index contributed by atoms with van der Waals surface area (Å²) in [5.41, 5.74) is 2.83. The van der Waals surface area contributed by atoms with E-state index in [4.69, 9.17) is 4.74 Å². The molecule has 2 rings (SSSR count). The molecule has 2 N–H and O–H groups in total. The number of rotatable bonds is 4. The first-order valence-corrected chi connectivity index (χ1v) is 7.05. The lowest BCUT2D eigenvalue weighted by atomic mass is 9.79. The second kappa shape index (κ2) is 6.33. The van der Waals surface area contributed by atoms with Crippen LogP contribution in [0, 0.1) is 0 Å². The average molecular weight is 284 g/mol. The summed E-state index contributed by atoms with van der Waals surface area (Å²) < 4.78 is 5.69. The SMILES string of the molecule is CC(C)(C)c1ccc(COc2ccccc2B(O)O)cc1. The van der Waals surface area contributed by atoms with Gasteiger partial charge in [0.2, 0.25) is 0 Å². The van der Waals surface area contributed by atoms with E-state index < -0.39 is 7.12 Å². The molecule has 0 aliphatic carbocycles. The predicted molar refractivity (Wildman–Crippen MR) is 85.7 cm³/mol. The lowest BCUT2D eigenvalue weighted by molar-refractivity contribution is 0.306. The molecule has 0 saturated heterocycles. The van der Waals surface area contributed by atoms with Crippen LogP contribution in [-0.4, -0.2) is 17.2 Å². The van der Waals surface area contributed by atoms with Crippen molar-refractivity contribution in [2.45, 2.75) is 32.8 Å². The highest BCUT2D eigenvalue weighted by molar-refractivity contribution is 6.59. The van der Waals surface area contributed by atoms with E-state index in [1.807, 2.05) is 18.2 Å². The maximum atomic E-state index is 9.30. The zero-order valence-corrected chi connectivity index (χ0v) is 12.7. The van der Waals surface area contributed by atoms with Crippen molar-refractivity contribution in [1.29, 1.82) is 0 Å². The topological polar surface area (TPSA) is 49.7 Å². The van der Waals surface area contributed by atoms with E-state index in [1.54, 1.807) is 18.2 Å². The fourth-order valence-corrected chi connectivity index (χ4v) is 2.09. The van der Waals surface area contributed by atoms with E-state index in [-0.39, 0.29) is 5.41 Å². The van der Waals surface area contributed by atoms with Gasteiger partial charge in [-0.05, 0) is 22.6 Å². The number of para-hydroxylation sites is 1. The van der Waals surface area contributed by atoms with Crippen molar-refractivity contribution in [3.05, 3.63) is 59.7 Å². The van der Waals surface area contributed by atoms with Crippen LogP contribution >= 0.6 is 0 Å². The highest BCUT2D eigenvalue weighted by atomic mass is 16.5. The number of ether oxygens (including phenoxy) is 1. The van der Waals surface area contributed by atoms with Crippen LogP contribution in [0.5, 0.6) is 5.75 Å². The Hall–Kier alpha value is -1.78. The molecule has 3 nitrogen and oxygen atoms in total. The van der Waals surface area contributed by atoms with Gasteiger partial charge in [0, 0.05) is 5.46 Å². The highest BCUT2D eigenvalue weighted by Crippen LogP contribution is 2.22. The van der Waals surface area contributed by atoms with Crippen LogP contribution in [0.25, 0.3) is 0 Å². The van der Waals surface area contributed by atoms with Crippen molar-refractivity contribution < 1.29 is 14.8 Å². The van der Waals surface area contributed by atoms with Crippen LogP contribution in [0.1, 0.15) is 31.9 Å². The fraction of sp³-hybridized carbons (Fsp3) is 0.294. The van der Waals surface area contributed by atoms with Crippen LogP contribution in [0.2, 0.25) is 0 Å². The standard InChI is InChI=1S/C17H21BO3/c1-17(2,3)14-10-8-13(9-11-14)12-21-16-7-5-4-6-15(16)18(19)20/h4-11,19-20H,12H2,1-3H3. The summed E-state index contributed by atoms with van der Waals surface area (Å²) in [6, 6.07) is 15.2. The quantitative estimate of drug-likeness (QED) is 0.847. The van der Waals surface area contributed by atoms with Gasteiger partial charge in [0.15, 0.2) is 0 Å². The Labute approximate surface area is 126 Å². The Morgan fingerprint density at radius 3 is 2.14 bits per heavy atom. The van der Waals surface area contributed by atoms with E-state index in [1.165, 1.54) is 5.56 Å². The number of hydrogen-bond donors (Lipinski definition) is 2. The zero-order valence-electron chi connectivity index (χ0n) is 12.7. The highest BCUT2D eigenvalue weighted by Gasteiger charge is 2.16. The van der Waals surface area contributed by atoms with Gasteiger partial charge in [-0.25, -0.2) is 0 Å². The molecule has 0 amide bonds. The third-order valence-electron chi connectivity index (χ3n) is 3.41. The molecule has 0 saturated carbocycles. The number of hydrogen-bond acceptors (Lipinski definition) is 3. The monoisotopic (exact) mass is 284 g/mol. The molecule has 0 heterocycles. The molecule has 2 aromatic rings. The molecule has 0 aromatic heterocycles. The van der Waals surface area contributed by atoms with Gasteiger partial charge >= 0.3 is 7.12 Å². The van der Waals surface area contributed by atoms with E-state index in [0.717, 1.165) is 5.56 Å². The Morgan fingerprint density at radius 1 is 0.952 bits per heavy atom. The molecule has 0 radical (unpaired) electrons. The molecule has 0 spiro atoms. The lowest BCUT2D eigenvalue weighted by Crippen LogP contribution is -2.31. The Bertz CT molecular complexity index is 586. The van der Waals surface area contributed by atoms with Gasteiger partial charge in [0.05, 0.1) is 0 Å². The first-order chi connectivity index (χ1) is 9.88. The largest absolute Gasteiger partial charge is 0.492 e. The van der Waals surface area contributed by atoms with E-state index >= 15 is 0 Å². The molecular weight excluding hydrogens is 263 g/mol. The molecule has 21 heavy (non-hydrogen) atoms. The van der Waals surface area contributed by atoms with Crippen LogP contribution in [0.3, 0.4) is 0 Å². The Morgan fingerprint density at radius 2 is 1.57 bits per heavy atom. The molecular formula is C17H21BO3. The van der Waals surface area contributed by atoms with Crippen molar-refractivity contribution in [2.75, 3.05) is 0 Å². The minimum Gasteiger partial charge on any atom is -0.489 e. The van der Waals surface area contributed by atoms with E-state index in [9.17, 15) is 10.0 Å². The second-order valence-corrected chi connectivity index (χ2v) is 6.15. The Kier molecular flexibility index (Phi) is 4.71. The molecule has 4 heteroatoms. The van der Waals surface area contributed by atoms with Gasteiger partial charge in [0.1, 0.15) is 12.4 Å². The summed E-state index contributed by atoms with van der Waals surface area (Å²) in [7, 11) is -1.52. The first kappa shape index (κ1) is 15.6. The van der Waals surface area contributed by atoms with Crippen LogP contribution in [0.15, 0.2) is 48.5 Å². The van der Waals surface area contributed by atoms with Crippen molar-refractivity contribution >= 4 is 12.6 Å². The Balaban J connectivity index is 2.07. The van der Waals surface area contributed by atoms with Gasteiger partial charge in [-0.3, -0.25) is 0 Å². The summed E-state index contributed by atoms with van der Waals surface area (Å²) in [6.07, 6.45) is 0. The number of benzene rings is 2. The summed E-state index contributed by atoms with van der Waals surface area (Å²) in [4.78, 5) is 0. The van der Waals surface area contributed by atoms with Gasteiger partial charge < -0.3 is 14.8 Å². The summed E-state index contributed by atoms with van der Waals surface area (Å²) in [6.45, 7) is 6.93. The molecule has 0 bridgehead atoms. The molecule has 0 aliphatic rings. The smallest absolute Gasteiger partial charge is 0.489 e. The van der Waals surface area contributed by atoms with Gasteiger partial charge in [-0.2, -0.15) is 0 Å². The zero-order chi connectivity index (χ0) is 15.5. The normalized spacial score (nSPS) is 11.3. The molecule has 0 aliphatic heterocycles. The molecule has 110 valence electrons. The molecule has 0 unspecified atom stereocenters. The second-order valence-electron chi connectivity index (χ2n) is 6.15. The first-order valence-electron chi connectivity index (χ1n) is 7.05. The summed E-state index contributed by atoms with van der Waals surface area (Å²) in [5.74, 6) is 0.493. The van der Waals surface area contributed by atoms with E-state index in [0.29, 0.717) is 17.8 Å². The summed E-state index contributed by atoms with van der Waals surface area (Å²) >= 11 is 0. The minimum absolute atomic E-state index is 0.132. The van der Waals surface area contributed by atoms with Gasteiger partial charge in [-0.1, -0.05) is 63.2 Å². The van der Waals surface area contributed by atoms with Crippen molar-refractivity contribution in [1.82, 2.24) is 0 Å². The third-order valence-corrected chi connectivity index (χ3v) is 3.41. The van der Waals surface area contributed by atoms with Crippen LogP contribution in [0.4, 0.5) is 0 Å². The third kappa shape index (κ3) is 4.10. The fourth-order valence-electron chi connectivity index (χ4n) is 2.09. The maximum Gasteiger partial charge on any atom is 0.492 e. The minimum atomic E-state index is -1.52. The predicted octanol–water partition coefficient (Wildman–Crippen LogP) is 2.24. The van der Waals surface area contributed by atoms with Crippen molar-refractivity contribution in [3.63, 3.8) is 0 Å². The van der Waals surface area contributed by atoms with E-state index in [2.05, 4.69) is 32.9 Å². The maximum absolute atomic E-state index is 9.30.